The smallest absolute Gasteiger partial charge is 0.276 e. The molecule has 3 heterocycles. The predicted molar refractivity (Wildman–Crippen MR) is 73.8 cm³/mol. The monoisotopic (exact) mass is 288 g/mol. The summed E-state index contributed by atoms with van der Waals surface area (Å²) < 4.78 is 24.0. The molecule has 3 rings (SSSR count). The van der Waals surface area contributed by atoms with Crippen molar-refractivity contribution in [2.24, 2.45) is 16.5 Å². The van der Waals surface area contributed by atoms with Crippen LogP contribution in [-0.4, -0.2) is 63.4 Å². The Morgan fingerprint density at radius 1 is 1.26 bits per heavy atom. The Morgan fingerprint density at radius 3 is 2.47 bits per heavy atom. The fourth-order valence-corrected chi connectivity index (χ4v) is 4.49. The van der Waals surface area contributed by atoms with Gasteiger partial charge in [-0.1, -0.05) is 0 Å². The van der Waals surface area contributed by atoms with E-state index in [4.69, 9.17) is 5.14 Å². The second-order valence-electron chi connectivity index (χ2n) is 6.47. The molecule has 0 saturated carbocycles. The maximum absolute atomic E-state index is 11.3. The first-order valence-electron chi connectivity index (χ1n) is 7.18. The third kappa shape index (κ3) is 2.95. The summed E-state index contributed by atoms with van der Waals surface area (Å²) in [5, 5.41) is 8.58. The SMILES string of the molecule is NS(=O)(=O)N1CCC2(CC1)CN(C[C@@H]1CCNC1)C2. The van der Waals surface area contributed by atoms with Gasteiger partial charge in [0.2, 0.25) is 0 Å². The van der Waals surface area contributed by atoms with Crippen molar-refractivity contribution in [2.75, 3.05) is 45.8 Å². The van der Waals surface area contributed by atoms with E-state index in [1.807, 2.05) is 0 Å². The van der Waals surface area contributed by atoms with E-state index in [9.17, 15) is 8.42 Å². The van der Waals surface area contributed by atoms with Crippen LogP contribution in [-0.2, 0) is 10.2 Å². The van der Waals surface area contributed by atoms with Crippen LogP contribution in [0.5, 0.6) is 0 Å². The van der Waals surface area contributed by atoms with Gasteiger partial charge in [-0.15, -0.1) is 0 Å². The van der Waals surface area contributed by atoms with Crippen molar-refractivity contribution < 1.29 is 8.42 Å². The van der Waals surface area contributed by atoms with Gasteiger partial charge in [0.15, 0.2) is 0 Å². The molecule has 0 bridgehead atoms. The van der Waals surface area contributed by atoms with E-state index in [1.54, 1.807) is 0 Å². The molecule has 0 unspecified atom stereocenters. The zero-order valence-corrected chi connectivity index (χ0v) is 12.2. The summed E-state index contributed by atoms with van der Waals surface area (Å²) in [5.74, 6) is 0.807. The minimum absolute atomic E-state index is 0.368. The fraction of sp³-hybridized carbons (Fsp3) is 1.00. The lowest BCUT2D eigenvalue weighted by Crippen LogP contribution is -2.61. The molecular formula is C12H24N4O2S. The number of rotatable bonds is 3. The molecule has 0 aromatic rings. The van der Waals surface area contributed by atoms with E-state index >= 15 is 0 Å². The maximum Gasteiger partial charge on any atom is 0.276 e. The van der Waals surface area contributed by atoms with Crippen LogP contribution in [0.15, 0.2) is 0 Å². The minimum Gasteiger partial charge on any atom is -0.316 e. The highest BCUT2D eigenvalue weighted by Gasteiger charge is 2.46. The first-order valence-corrected chi connectivity index (χ1v) is 8.68. The summed E-state index contributed by atoms with van der Waals surface area (Å²) in [6.07, 6.45) is 3.22. The lowest BCUT2D eigenvalue weighted by atomic mass is 9.72. The number of nitrogens with two attached hydrogens (primary N) is 1. The number of nitrogens with one attached hydrogen (secondary N) is 1. The zero-order chi connectivity index (χ0) is 13.5. The Kier molecular flexibility index (Phi) is 3.59. The fourth-order valence-electron chi connectivity index (χ4n) is 3.80. The highest BCUT2D eigenvalue weighted by Crippen LogP contribution is 2.41. The average Bonchev–Trinajstić information content (AvgIpc) is 2.79. The van der Waals surface area contributed by atoms with Crippen LogP contribution in [0.3, 0.4) is 0 Å². The molecule has 0 amide bonds. The maximum atomic E-state index is 11.3. The summed E-state index contributed by atoms with van der Waals surface area (Å²) in [7, 11) is -3.48. The van der Waals surface area contributed by atoms with Gasteiger partial charge < -0.3 is 10.2 Å². The topological polar surface area (TPSA) is 78.7 Å². The zero-order valence-electron chi connectivity index (χ0n) is 11.3. The largest absolute Gasteiger partial charge is 0.316 e. The summed E-state index contributed by atoms with van der Waals surface area (Å²) in [5.41, 5.74) is 0.368. The van der Waals surface area contributed by atoms with Crippen molar-refractivity contribution in [3.05, 3.63) is 0 Å². The molecular weight excluding hydrogens is 264 g/mol. The number of hydrogen-bond acceptors (Lipinski definition) is 4. The van der Waals surface area contributed by atoms with E-state index < -0.39 is 10.2 Å². The van der Waals surface area contributed by atoms with E-state index in [0.717, 1.165) is 44.9 Å². The van der Waals surface area contributed by atoms with Crippen molar-refractivity contribution in [3.8, 4) is 0 Å². The molecule has 1 atom stereocenters. The highest BCUT2D eigenvalue weighted by molar-refractivity contribution is 7.86. The van der Waals surface area contributed by atoms with Crippen molar-refractivity contribution in [3.63, 3.8) is 0 Å². The molecule has 0 aromatic heterocycles. The number of nitrogens with zero attached hydrogens (tertiary/aromatic N) is 2. The molecule has 19 heavy (non-hydrogen) atoms. The van der Waals surface area contributed by atoms with Crippen LogP contribution in [0.4, 0.5) is 0 Å². The van der Waals surface area contributed by atoms with Gasteiger partial charge in [0.05, 0.1) is 0 Å². The van der Waals surface area contributed by atoms with Crippen LogP contribution in [0.25, 0.3) is 0 Å². The molecule has 0 radical (unpaired) electrons. The van der Waals surface area contributed by atoms with Crippen molar-refractivity contribution in [1.29, 1.82) is 0 Å². The van der Waals surface area contributed by atoms with Gasteiger partial charge >= 0.3 is 0 Å². The molecule has 3 fully saturated rings. The summed E-state index contributed by atoms with van der Waals surface area (Å²) in [6.45, 7) is 6.99. The van der Waals surface area contributed by atoms with Crippen molar-refractivity contribution >= 4 is 10.2 Å². The van der Waals surface area contributed by atoms with Crippen LogP contribution in [0, 0.1) is 11.3 Å². The summed E-state index contributed by atoms with van der Waals surface area (Å²) in [4.78, 5) is 2.53. The normalized spacial score (nSPS) is 32.6. The lowest BCUT2D eigenvalue weighted by Gasteiger charge is -2.54. The Labute approximate surface area is 115 Å². The van der Waals surface area contributed by atoms with Crippen molar-refractivity contribution in [1.82, 2.24) is 14.5 Å². The lowest BCUT2D eigenvalue weighted by molar-refractivity contribution is -0.0408. The molecule has 6 nitrogen and oxygen atoms in total. The Hall–Kier alpha value is -0.210. The van der Waals surface area contributed by atoms with Gasteiger partial charge in [-0.2, -0.15) is 12.7 Å². The Morgan fingerprint density at radius 2 is 1.95 bits per heavy atom. The quantitative estimate of drug-likeness (QED) is 0.712. The van der Waals surface area contributed by atoms with E-state index in [-0.39, 0.29) is 0 Å². The summed E-state index contributed by atoms with van der Waals surface area (Å²) in [6, 6.07) is 0. The van der Waals surface area contributed by atoms with Gasteiger partial charge in [-0.3, -0.25) is 0 Å². The molecule has 3 N–H and O–H groups in total. The second kappa shape index (κ2) is 4.96. The first kappa shape index (κ1) is 13.8. The van der Waals surface area contributed by atoms with Gasteiger partial charge in [-0.25, -0.2) is 5.14 Å². The van der Waals surface area contributed by atoms with Gasteiger partial charge in [0, 0.05) is 32.7 Å². The molecule has 3 aliphatic heterocycles. The molecule has 0 aromatic carbocycles. The van der Waals surface area contributed by atoms with Gasteiger partial charge in [0.25, 0.3) is 10.2 Å². The molecule has 0 aliphatic carbocycles. The summed E-state index contributed by atoms with van der Waals surface area (Å²) >= 11 is 0. The third-order valence-electron chi connectivity index (χ3n) is 4.94. The minimum atomic E-state index is -3.48. The average molecular weight is 288 g/mol. The van der Waals surface area contributed by atoms with E-state index in [1.165, 1.54) is 17.3 Å². The van der Waals surface area contributed by atoms with Gasteiger partial charge in [0.1, 0.15) is 0 Å². The molecule has 110 valence electrons. The number of likely N-dealkylation sites (tertiary alicyclic amines) is 1. The molecule has 7 heteroatoms. The number of hydrogen-bond donors (Lipinski definition) is 2. The van der Waals surface area contributed by atoms with Gasteiger partial charge in [-0.05, 0) is 43.7 Å². The predicted octanol–water partition coefficient (Wildman–Crippen LogP) is -0.803. The third-order valence-corrected chi connectivity index (χ3v) is 6.02. The molecule has 1 spiro atoms. The molecule has 3 aliphatic rings. The number of piperidine rings is 1. The van der Waals surface area contributed by atoms with Crippen LogP contribution < -0.4 is 10.5 Å². The Bertz CT molecular complexity index is 417. The van der Waals surface area contributed by atoms with Crippen molar-refractivity contribution in [2.45, 2.75) is 19.3 Å². The van der Waals surface area contributed by atoms with Crippen LogP contribution in [0.1, 0.15) is 19.3 Å². The van der Waals surface area contributed by atoms with Crippen LogP contribution in [0.2, 0.25) is 0 Å². The van der Waals surface area contributed by atoms with Crippen LogP contribution >= 0.6 is 0 Å². The first-order chi connectivity index (χ1) is 8.97. The second-order valence-corrected chi connectivity index (χ2v) is 8.02. The standard InChI is InChI=1S/C12H24N4O2S/c13-19(17,18)16-5-2-12(3-6-16)9-15(10-12)8-11-1-4-14-7-11/h11,14H,1-10H2,(H2,13,17,18)/t11-/m1/s1. The van der Waals surface area contributed by atoms with E-state index in [2.05, 4.69) is 10.2 Å². The molecule has 3 saturated heterocycles. The Balaban J connectivity index is 1.45. The van der Waals surface area contributed by atoms with E-state index in [0.29, 0.717) is 18.5 Å². The highest BCUT2D eigenvalue weighted by atomic mass is 32.2.